The molecule has 0 radical (unpaired) electrons. The van der Waals surface area contributed by atoms with E-state index in [1.807, 2.05) is 67.6 Å². The molecule has 3 aromatic heterocycles. The molecule has 2 aromatic carbocycles. The number of rotatable bonds is 12. The minimum atomic E-state index is -0.651. The summed E-state index contributed by atoms with van der Waals surface area (Å²) in [7, 11) is 1.62. The van der Waals surface area contributed by atoms with E-state index in [9.17, 15) is 4.79 Å². The smallest absolute Gasteiger partial charge is 0.253 e. The van der Waals surface area contributed by atoms with Crippen LogP contribution >= 0.6 is 11.6 Å². The van der Waals surface area contributed by atoms with E-state index in [4.69, 9.17) is 25.5 Å². The normalized spacial score (nSPS) is 12.3. The molecule has 0 aliphatic carbocycles. The summed E-state index contributed by atoms with van der Waals surface area (Å²) in [5.74, 6) is 1.93. The summed E-state index contributed by atoms with van der Waals surface area (Å²) in [6.45, 7) is 4.05. The average molecular weight is 549 g/mol. The van der Waals surface area contributed by atoms with E-state index in [1.165, 1.54) is 0 Å². The number of methoxy groups -OCH3 is 1. The molecule has 10 nitrogen and oxygen atoms in total. The molecule has 1 N–H and O–H groups in total. The molecule has 0 amide bonds. The highest BCUT2D eigenvalue weighted by molar-refractivity contribution is 6.31. The van der Waals surface area contributed by atoms with Crippen molar-refractivity contribution in [1.29, 1.82) is 0 Å². The first-order valence-electron chi connectivity index (χ1n) is 12.6. The van der Waals surface area contributed by atoms with Gasteiger partial charge in [-0.2, -0.15) is 0 Å². The number of tetrazole rings is 1. The van der Waals surface area contributed by atoms with Crippen LogP contribution in [0.4, 0.5) is 0 Å². The summed E-state index contributed by atoms with van der Waals surface area (Å²) in [5, 5.41) is 14.0. The maximum absolute atomic E-state index is 13.7. The van der Waals surface area contributed by atoms with Crippen LogP contribution in [0.3, 0.4) is 0 Å². The third-order valence-electron chi connectivity index (χ3n) is 6.40. The van der Waals surface area contributed by atoms with Crippen molar-refractivity contribution in [3.05, 3.63) is 105 Å². The third kappa shape index (κ3) is 6.03. The molecule has 202 valence electrons. The minimum absolute atomic E-state index is 0.249. The van der Waals surface area contributed by atoms with Gasteiger partial charge in [-0.3, -0.25) is 9.69 Å². The van der Waals surface area contributed by atoms with Gasteiger partial charge >= 0.3 is 0 Å². The van der Waals surface area contributed by atoms with Crippen molar-refractivity contribution in [2.45, 2.75) is 32.6 Å². The summed E-state index contributed by atoms with van der Waals surface area (Å²) >= 11 is 6.59. The number of pyridine rings is 1. The molecule has 0 aliphatic heterocycles. The van der Waals surface area contributed by atoms with E-state index >= 15 is 0 Å². The Balaban J connectivity index is 1.69. The highest BCUT2D eigenvalue weighted by Crippen LogP contribution is 2.32. The SMILES string of the molecule is CCOc1ccc2[nH]c(=O)c([C@H](c3nnnn3CCOC)N(Cc3ccco3)Cc3ccccc3Cl)cc2c1. The number of hydrogen-bond donors (Lipinski definition) is 1. The van der Waals surface area contributed by atoms with Gasteiger partial charge in [0.15, 0.2) is 5.82 Å². The predicted octanol–water partition coefficient (Wildman–Crippen LogP) is 4.60. The summed E-state index contributed by atoms with van der Waals surface area (Å²) in [5.41, 5.74) is 1.82. The molecule has 5 aromatic rings. The van der Waals surface area contributed by atoms with Gasteiger partial charge in [-0.25, -0.2) is 4.68 Å². The zero-order chi connectivity index (χ0) is 27.2. The number of furan rings is 1. The van der Waals surface area contributed by atoms with Gasteiger partial charge in [0.1, 0.15) is 17.6 Å². The van der Waals surface area contributed by atoms with Gasteiger partial charge in [0.25, 0.3) is 5.56 Å². The van der Waals surface area contributed by atoms with Crippen LogP contribution in [0.2, 0.25) is 5.02 Å². The largest absolute Gasteiger partial charge is 0.494 e. The molecule has 0 fully saturated rings. The topological polar surface area (TPSA) is 111 Å². The molecule has 0 unspecified atom stereocenters. The number of benzene rings is 2. The van der Waals surface area contributed by atoms with E-state index in [0.29, 0.717) is 60.5 Å². The third-order valence-corrected chi connectivity index (χ3v) is 6.77. The average Bonchev–Trinajstić information content (AvgIpc) is 3.62. The summed E-state index contributed by atoms with van der Waals surface area (Å²) < 4.78 is 18.4. The number of H-pyrrole nitrogens is 1. The Morgan fingerprint density at radius 1 is 1.13 bits per heavy atom. The fraction of sp³-hybridized carbons (Fsp3) is 0.286. The van der Waals surface area contributed by atoms with E-state index in [2.05, 4.69) is 25.4 Å². The molecule has 3 heterocycles. The second-order valence-electron chi connectivity index (χ2n) is 8.97. The van der Waals surface area contributed by atoms with Crippen LogP contribution in [0.25, 0.3) is 10.9 Å². The van der Waals surface area contributed by atoms with Gasteiger partial charge in [0.2, 0.25) is 0 Å². The number of halogens is 1. The van der Waals surface area contributed by atoms with Crippen molar-refractivity contribution in [3.8, 4) is 5.75 Å². The Hall–Kier alpha value is -3.99. The second-order valence-corrected chi connectivity index (χ2v) is 9.37. The molecule has 0 aliphatic rings. The summed E-state index contributed by atoms with van der Waals surface area (Å²) in [6, 6.07) is 18.2. The number of aromatic nitrogens is 5. The fourth-order valence-electron chi connectivity index (χ4n) is 4.59. The Kier molecular flexibility index (Phi) is 8.36. The van der Waals surface area contributed by atoms with Gasteiger partial charge in [0.05, 0.1) is 32.6 Å². The molecular weight excluding hydrogens is 520 g/mol. The predicted molar refractivity (Wildman–Crippen MR) is 147 cm³/mol. The molecule has 0 bridgehead atoms. The van der Waals surface area contributed by atoms with Crippen LogP contribution in [0.1, 0.15) is 35.7 Å². The zero-order valence-electron chi connectivity index (χ0n) is 21.7. The highest BCUT2D eigenvalue weighted by Gasteiger charge is 2.31. The lowest BCUT2D eigenvalue weighted by Crippen LogP contribution is -2.35. The van der Waals surface area contributed by atoms with Crippen LogP contribution in [0, 0.1) is 0 Å². The van der Waals surface area contributed by atoms with Crippen molar-refractivity contribution < 1.29 is 13.9 Å². The summed E-state index contributed by atoms with van der Waals surface area (Å²) in [4.78, 5) is 18.8. The quantitative estimate of drug-likeness (QED) is 0.241. The van der Waals surface area contributed by atoms with E-state index < -0.39 is 6.04 Å². The van der Waals surface area contributed by atoms with Crippen molar-refractivity contribution in [2.75, 3.05) is 20.3 Å². The first-order valence-corrected chi connectivity index (χ1v) is 13.0. The number of fused-ring (bicyclic) bond motifs is 1. The standard InChI is InChI=1S/C28H29ClN6O4/c1-3-38-21-10-11-25-20(15-21)16-23(28(36)30-25)26(27-31-32-33-35(27)12-14-37-2)34(18-22-8-6-13-39-22)17-19-7-4-5-9-24(19)29/h4-11,13,15-16,26H,3,12,14,17-18H2,1-2H3,(H,30,36)/t26-/m1/s1. The Labute approximate surface area is 230 Å². The van der Waals surface area contributed by atoms with E-state index in [-0.39, 0.29) is 5.56 Å². The molecule has 11 heteroatoms. The molecule has 1 atom stereocenters. The Morgan fingerprint density at radius 3 is 2.77 bits per heavy atom. The molecule has 0 saturated carbocycles. The lowest BCUT2D eigenvalue weighted by Gasteiger charge is -2.30. The fourth-order valence-corrected chi connectivity index (χ4v) is 4.79. The van der Waals surface area contributed by atoms with Crippen molar-refractivity contribution in [2.24, 2.45) is 0 Å². The van der Waals surface area contributed by atoms with Crippen LogP contribution < -0.4 is 10.3 Å². The van der Waals surface area contributed by atoms with E-state index in [0.717, 1.165) is 16.7 Å². The maximum atomic E-state index is 13.7. The van der Waals surface area contributed by atoms with Crippen LogP contribution in [0.15, 0.2) is 76.1 Å². The zero-order valence-corrected chi connectivity index (χ0v) is 22.5. The van der Waals surface area contributed by atoms with Crippen LogP contribution in [-0.4, -0.2) is 50.4 Å². The van der Waals surface area contributed by atoms with Crippen molar-refractivity contribution in [1.82, 2.24) is 30.1 Å². The lowest BCUT2D eigenvalue weighted by atomic mass is 10.0. The first-order chi connectivity index (χ1) is 19.1. The second kappa shape index (κ2) is 12.2. The summed E-state index contributed by atoms with van der Waals surface area (Å²) in [6.07, 6.45) is 1.62. The number of aromatic amines is 1. The first kappa shape index (κ1) is 26.6. The number of nitrogens with zero attached hydrogens (tertiary/aromatic N) is 5. The van der Waals surface area contributed by atoms with Crippen molar-refractivity contribution >= 4 is 22.5 Å². The number of nitrogens with one attached hydrogen (secondary N) is 1. The molecule has 5 rings (SSSR count). The number of hydrogen-bond acceptors (Lipinski definition) is 8. The monoisotopic (exact) mass is 548 g/mol. The lowest BCUT2D eigenvalue weighted by molar-refractivity contribution is 0.163. The maximum Gasteiger partial charge on any atom is 0.253 e. The van der Waals surface area contributed by atoms with Gasteiger partial charge < -0.3 is 18.9 Å². The van der Waals surface area contributed by atoms with Gasteiger partial charge in [-0.05, 0) is 65.4 Å². The molecule has 0 spiro atoms. The van der Waals surface area contributed by atoms with Crippen LogP contribution in [-0.2, 0) is 24.4 Å². The Morgan fingerprint density at radius 2 is 2.00 bits per heavy atom. The van der Waals surface area contributed by atoms with Crippen molar-refractivity contribution in [3.63, 3.8) is 0 Å². The van der Waals surface area contributed by atoms with Gasteiger partial charge in [-0.1, -0.05) is 29.8 Å². The van der Waals surface area contributed by atoms with Gasteiger partial charge in [0, 0.05) is 35.1 Å². The molecule has 39 heavy (non-hydrogen) atoms. The highest BCUT2D eigenvalue weighted by atomic mass is 35.5. The van der Waals surface area contributed by atoms with Crippen LogP contribution in [0.5, 0.6) is 5.75 Å². The minimum Gasteiger partial charge on any atom is -0.494 e. The van der Waals surface area contributed by atoms with E-state index in [1.54, 1.807) is 18.1 Å². The number of ether oxygens (including phenoxy) is 2. The van der Waals surface area contributed by atoms with Gasteiger partial charge in [-0.15, -0.1) is 5.10 Å². The molecule has 0 saturated heterocycles. The molecular formula is C28H29ClN6O4. The Bertz CT molecular complexity index is 1580.